The average Bonchev–Trinajstić information content (AvgIpc) is 2.24. The zero-order chi connectivity index (χ0) is 14.9. The van der Waals surface area contributed by atoms with E-state index in [-0.39, 0.29) is 17.9 Å². The minimum absolute atomic E-state index is 0.0334. The largest absolute Gasteiger partial charge is 0.481 e. The van der Waals surface area contributed by atoms with Crippen LogP contribution < -0.4 is 10.6 Å². The smallest absolute Gasteiger partial charge is 0.303 e. The van der Waals surface area contributed by atoms with Gasteiger partial charge in [-0.1, -0.05) is 6.92 Å². The fourth-order valence-electron chi connectivity index (χ4n) is 1.61. The highest BCUT2D eigenvalue weighted by Gasteiger charge is 2.10. The zero-order valence-electron chi connectivity index (χ0n) is 12.6. The molecule has 0 radical (unpaired) electrons. The Kier molecular flexibility index (Phi) is 8.39. The summed E-state index contributed by atoms with van der Waals surface area (Å²) in [4.78, 5) is 21.9. The van der Waals surface area contributed by atoms with E-state index in [1.54, 1.807) is 0 Å². The third-order valence-corrected chi connectivity index (χ3v) is 2.82. The number of amides is 1. The van der Waals surface area contributed by atoms with E-state index in [2.05, 4.69) is 31.4 Å². The van der Waals surface area contributed by atoms with Crippen molar-refractivity contribution < 1.29 is 14.7 Å². The molecule has 0 spiro atoms. The van der Waals surface area contributed by atoms with Gasteiger partial charge >= 0.3 is 5.97 Å². The molecule has 0 aromatic heterocycles. The lowest BCUT2D eigenvalue weighted by Gasteiger charge is -2.20. The molecule has 0 fully saturated rings. The van der Waals surface area contributed by atoms with Gasteiger partial charge in [0.2, 0.25) is 5.91 Å². The Bertz CT molecular complexity index is 285. The van der Waals surface area contributed by atoms with E-state index in [1.807, 2.05) is 6.92 Å². The number of rotatable bonds is 9. The molecule has 0 aliphatic heterocycles. The van der Waals surface area contributed by atoms with Crippen molar-refractivity contribution in [1.29, 1.82) is 0 Å². The highest BCUT2D eigenvalue weighted by molar-refractivity contribution is 5.76. The predicted octanol–water partition coefficient (Wildman–Crippen LogP) is 1.77. The summed E-state index contributed by atoms with van der Waals surface area (Å²) in [7, 11) is 0. The summed E-state index contributed by atoms with van der Waals surface area (Å²) in [6.45, 7) is 9.49. The molecule has 0 bridgehead atoms. The Morgan fingerprint density at radius 2 is 1.74 bits per heavy atom. The number of aliphatic carboxylic acids is 1. The summed E-state index contributed by atoms with van der Waals surface area (Å²) in [6.07, 6.45) is 2.16. The minimum Gasteiger partial charge on any atom is -0.481 e. The Morgan fingerprint density at radius 1 is 1.11 bits per heavy atom. The fourth-order valence-corrected chi connectivity index (χ4v) is 1.61. The summed E-state index contributed by atoms with van der Waals surface area (Å²) >= 11 is 0. The third kappa shape index (κ3) is 13.1. The van der Waals surface area contributed by atoms with Gasteiger partial charge in [-0.15, -0.1) is 0 Å². The Hall–Kier alpha value is -1.10. The molecule has 0 aromatic rings. The van der Waals surface area contributed by atoms with Gasteiger partial charge in [-0.05, 0) is 39.5 Å². The molecule has 0 saturated heterocycles. The number of carbonyl (C=O) groups excluding carboxylic acids is 1. The molecule has 3 N–H and O–H groups in total. The van der Waals surface area contributed by atoms with E-state index in [0.717, 1.165) is 6.42 Å². The molecule has 1 amide bonds. The Balaban J connectivity index is 3.55. The molecular formula is C14H28N2O3. The molecule has 19 heavy (non-hydrogen) atoms. The van der Waals surface area contributed by atoms with Gasteiger partial charge in [0.05, 0.1) is 0 Å². The summed E-state index contributed by atoms with van der Waals surface area (Å²) < 4.78 is 0. The van der Waals surface area contributed by atoms with Gasteiger partial charge in [0.1, 0.15) is 0 Å². The van der Waals surface area contributed by atoms with Gasteiger partial charge in [-0.25, -0.2) is 0 Å². The molecule has 0 aromatic carbocycles. The summed E-state index contributed by atoms with van der Waals surface area (Å²) in [6, 6.07) is 0. The van der Waals surface area contributed by atoms with Gasteiger partial charge in [0.25, 0.3) is 0 Å². The highest BCUT2D eigenvalue weighted by Crippen LogP contribution is 2.09. The number of carboxylic acid groups (broad SMARTS) is 1. The first kappa shape index (κ1) is 17.9. The second-order valence-corrected chi connectivity index (χ2v) is 6.10. The predicted molar refractivity (Wildman–Crippen MR) is 76.0 cm³/mol. The first-order valence-electron chi connectivity index (χ1n) is 6.94. The SMILES string of the molecule is CC(CCNC(=O)CCNC(C)(C)C)CCC(=O)O. The maximum absolute atomic E-state index is 11.5. The van der Waals surface area contributed by atoms with Crippen molar-refractivity contribution >= 4 is 11.9 Å². The fraction of sp³-hybridized carbons (Fsp3) is 0.857. The van der Waals surface area contributed by atoms with E-state index in [4.69, 9.17) is 5.11 Å². The zero-order valence-corrected chi connectivity index (χ0v) is 12.6. The van der Waals surface area contributed by atoms with Crippen LogP contribution in [0.4, 0.5) is 0 Å². The maximum Gasteiger partial charge on any atom is 0.303 e. The molecule has 5 heteroatoms. The van der Waals surface area contributed by atoms with Gasteiger partial charge in [0, 0.05) is 31.5 Å². The van der Waals surface area contributed by atoms with Crippen molar-refractivity contribution in [3.8, 4) is 0 Å². The maximum atomic E-state index is 11.5. The first-order chi connectivity index (χ1) is 8.70. The van der Waals surface area contributed by atoms with Crippen LogP contribution in [0.3, 0.4) is 0 Å². The quantitative estimate of drug-likeness (QED) is 0.598. The molecule has 0 aliphatic carbocycles. The summed E-state index contributed by atoms with van der Waals surface area (Å²) in [5, 5.41) is 14.7. The third-order valence-electron chi connectivity index (χ3n) is 2.82. The van der Waals surface area contributed by atoms with Crippen molar-refractivity contribution in [2.75, 3.05) is 13.1 Å². The first-order valence-corrected chi connectivity index (χ1v) is 6.94. The molecular weight excluding hydrogens is 244 g/mol. The number of carboxylic acids is 1. The van der Waals surface area contributed by atoms with Crippen molar-refractivity contribution in [2.24, 2.45) is 5.92 Å². The lowest BCUT2D eigenvalue weighted by atomic mass is 10.0. The monoisotopic (exact) mass is 272 g/mol. The molecule has 0 rings (SSSR count). The topological polar surface area (TPSA) is 78.4 Å². The van der Waals surface area contributed by atoms with E-state index < -0.39 is 5.97 Å². The molecule has 112 valence electrons. The van der Waals surface area contributed by atoms with E-state index >= 15 is 0 Å². The number of nitrogens with one attached hydrogen (secondary N) is 2. The van der Waals surface area contributed by atoms with Crippen LogP contribution in [0, 0.1) is 5.92 Å². The number of hydrogen-bond donors (Lipinski definition) is 3. The molecule has 0 aliphatic rings. The van der Waals surface area contributed by atoms with Crippen molar-refractivity contribution in [3.63, 3.8) is 0 Å². The van der Waals surface area contributed by atoms with E-state index in [1.165, 1.54) is 0 Å². The summed E-state index contributed by atoms with van der Waals surface area (Å²) in [5.41, 5.74) is 0.0334. The van der Waals surface area contributed by atoms with Crippen molar-refractivity contribution in [3.05, 3.63) is 0 Å². The second-order valence-electron chi connectivity index (χ2n) is 6.10. The highest BCUT2D eigenvalue weighted by atomic mass is 16.4. The normalized spacial score (nSPS) is 13.1. The van der Waals surface area contributed by atoms with Crippen molar-refractivity contribution in [2.45, 2.75) is 58.9 Å². The number of carbonyl (C=O) groups is 2. The molecule has 1 unspecified atom stereocenters. The summed E-state index contributed by atoms with van der Waals surface area (Å²) in [5.74, 6) is -0.393. The van der Waals surface area contributed by atoms with Crippen molar-refractivity contribution in [1.82, 2.24) is 10.6 Å². The minimum atomic E-state index is -0.760. The molecule has 0 heterocycles. The number of hydrogen-bond acceptors (Lipinski definition) is 3. The van der Waals surface area contributed by atoms with Crippen LogP contribution in [0.5, 0.6) is 0 Å². The van der Waals surface area contributed by atoms with Gasteiger partial charge in [-0.2, -0.15) is 0 Å². The lowest BCUT2D eigenvalue weighted by Crippen LogP contribution is -2.38. The Morgan fingerprint density at radius 3 is 2.26 bits per heavy atom. The average molecular weight is 272 g/mol. The van der Waals surface area contributed by atoms with Crippen LogP contribution >= 0.6 is 0 Å². The molecule has 0 saturated carbocycles. The van der Waals surface area contributed by atoms with Gasteiger partial charge < -0.3 is 15.7 Å². The standard InChI is InChI=1S/C14H28N2O3/c1-11(5-6-13(18)19)7-9-15-12(17)8-10-16-14(2,3)4/h11,16H,5-10H2,1-4H3,(H,15,17)(H,18,19). The van der Waals surface area contributed by atoms with Gasteiger partial charge in [-0.3, -0.25) is 9.59 Å². The molecule has 5 nitrogen and oxygen atoms in total. The van der Waals surface area contributed by atoms with Crippen LogP contribution in [0.25, 0.3) is 0 Å². The molecule has 1 atom stereocenters. The van der Waals surface area contributed by atoms with Gasteiger partial charge in [0.15, 0.2) is 0 Å². The van der Waals surface area contributed by atoms with Crippen LogP contribution in [0.2, 0.25) is 0 Å². The van der Waals surface area contributed by atoms with Crippen LogP contribution in [0.1, 0.15) is 53.4 Å². The second kappa shape index (κ2) is 8.91. The van der Waals surface area contributed by atoms with E-state index in [0.29, 0.717) is 31.8 Å². The lowest BCUT2D eigenvalue weighted by molar-refractivity contribution is -0.137. The van der Waals surface area contributed by atoms with Crippen LogP contribution in [-0.2, 0) is 9.59 Å². The van der Waals surface area contributed by atoms with Crippen LogP contribution in [-0.4, -0.2) is 35.6 Å². The Labute approximate surface area is 116 Å². The van der Waals surface area contributed by atoms with Crippen LogP contribution in [0.15, 0.2) is 0 Å². The van der Waals surface area contributed by atoms with E-state index in [9.17, 15) is 9.59 Å².